The second kappa shape index (κ2) is 8.05. The average Bonchev–Trinajstić information content (AvgIpc) is 3.37. The molecule has 26 heavy (non-hydrogen) atoms. The topological polar surface area (TPSA) is 76.3 Å². The van der Waals surface area contributed by atoms with Crippen LogP contribution in [0.4, 0.5) is 0 Å². The van der Waals surface area contributed by atoms with E-state index in [0.717, 1.165) is 17.9 Å². The van der Waals surface area contributed by atoms with Crippen molar-refractivity contribution in [2.24, 2.45) is 0 Å². The number of aromatic nitrogens is 1. The zero-order valence-corrected chi connectivity index (χ0v) is 15.6. The number of furan rings is 1. The highest BCUT2D eigenvalue weighted by Crippen LogP contribution is 2.19. The van der Waals surface area contributed by atoms with Gasteiger partial charge >= 0.3 is 0 Å². The first-order valence-corrected chi connectivity index (χ1v) is 9.23. The first-order chi connectivity index (χ1) is 12.6. The lowest BCUT2D eigenvalue weighted by Crippen LogP contribution is -2.34. The van der Waals surface area contributed by atoms with Crippen LogP contribution in [0.2, 0.25) is 0 Å². The van der Waals surface area contributed by atoms with Gasteiger partial charge in [0.2, 0.25) is 0 Å². The maximum absolute atomic E-state index is 12.5. The number of hydrogen-bond acceptors (Lipinski definition) is 4. The molecule has 136 valence electrons. The molecule has 3 aromatic rings. The summed E-state index contributed by atoms with van der Waals surface area (Å²) < 4.78 is 7.15. The summed E-state index contributed by atoms with van der Waals surface area (Å²) in [6, 6.07) is 9.27. The van der Waals surface area contributed by atoms with Crippen molar-refractivity contribution < 1.29 is 14.0 Å². The van der Waals surface area contributed by atoms with Gasteiger partial charge in [-0.1, -0.05) is 6.07 Å². The van der Waals surface area contributed by atoms with Gasteiger partial charge in [-0.15, -0.1) is 11.3 Å². The van der Waals surface area contributed by atoms with Crippen LogP contribution in [0.3, 0.4) is 0 Å². The van der Waals surface area contributed by atoms with Gasteiger partial charge in [-0.2, -0.15) is 0 Å². The predicted octanol–water partition coefficient (Wildman–Crippen LogP) is 2.97. The molecule has 2 N–H and O–H groups in total. The number of nitrogens with one attached hydrogen (secondary N) is 2. The standard InChI is InChI=1S/C19H21N3O3S/c1-13-11-16(14(2)22(13)12-15-5-4-10-26-15)18(23)20-7-8-21-19(24)17-6-3-9-25-17/h3-6,9-11H,7-8,12H2,1-2H3,(H,20,23)(H,21,24). The summed E-state index contributed by atoms with van der Waals surface area (Å²) in [6.07, 6.45) is 1.45. The molecule has 0 radical (unpaired) electrons. The van der Waals surface area contributed by atoms with Crippen LogP contribution < -0.4 is 10.6 Å². The molecule has 0 aliphatic heterocycles. The fraction of sp³-hybridized carbons (Fsp3) is 0.263. The minimum Gasteiger partial charge on any atom is -0.459 e. The summed E-state index contributed by atoms with van der Waals surface area (Å²) in [7, 11) is 0. The van der Waals surface area contributed by atoms with Gasteiger partial charge in [-0.05, 0) is 43.5 Å². The Labute approximate surface area is 155 Å². The van der Waals surface area contributed by atoms with Crippen molar-refractivity contribution in [3.05, 3.63) is 69.6 Å². The Kier molecular flexibility index (Phi) is 5.58. The maximum Gasteiger partial charge on any atom is 0.287 e. The zero-order valence-electron chi connectivity index (χ0n) is 14.7. The molecule has 0 spiro atoms. The minimum atomic E-state index is -0.293. The van der Waals surface area contributed by atoms with Crippen molar-refractivity contribution in [1.82, 2.24) is 15.2 Å². The molecular weight excluding hydrogens is 350 g/mol. The van der Waals surface area contributed by atoms with Crippen LogP contribution in [0.15, 0.2) is 46.4 Å². The molecule has 3 heterocycles. The van der Waals surface area contributed by atoms with Gasteiger partial charge in [0.25, 0.3) is 11.8 Å². The summed E-state index contributed by atoms with van der Waals surface area (Å²) >= 11 is 1.70. The van der Waals surface area contributed by atoms with E-state index in [9.17, 15) is 9.59 Å². The molecule has 0 bridgehead atoms. The second-order valence-corrected chi connectivity index (χ2v) is 6.97. The van der Waals surface area contributed by atoms with E-state index in [1.54, 1.807) is 23.5 Å². The molecule has 0 aromatic carbocycles. The van der Waals surface area contributed by atoms with Gasteiger partial charge in [0.15, 0.2) is 5.76 Å². The van der Waals surface area contributed by atoms with Gasteiger partial charge in [0, 0.05) is 29.4 Å². The van der Waals surface area contributed by atoms with Crippen LogP contribution >= 0.6 is 11.3 Å². The molecular formula is C19H21N3O3S. The monoisotopic (exact) mass is 371 g/mol. The van der Waals surface area contributed by atoms with Gasteiger partial charge in [0.1, 0.15) is 0 Å². The second-order valence-electron chi connectivity index (χ2n) is 5.94. The predicted molar refractivity (Wildman–Crippen MR) is 101 cm³/mol. The highest BCUT2D eigenvalue weighted by atomic mass is 32.1. The van der Waals surface area contributed by atoms with E-state index < -0.39 is 0 Å². The molecule has 3 aromatic heterocycles. The molecule has 3 rings (SSSR count). The molecule has 0 saturated carbocycles. The number of hydrogen-bond donors (Lipinski definition) is 2. The number of carbonyl (C=O) groups excluding carboxylic acids is 2. The van der Waals surface area contributed by atoms with Crippen LogP contribution in [-0.4, -0.2) is 29.5 Å². The van der Waals surface area contributed by atoms with Crippen LogP contribution in [-0.2, 0) is 6.54 Å². The third-order valence-corrected chi connectivity index (χ3v) is 5.01. The quantitative estimate of drug-likeness (QED) is 0.627. The van der Waals surface area contributed by atoms with Crippen LogP contribution in [0.5, 0.6) is 0 Å². The van der Waals surface area contributed by atoms with E-state index in [0.29, 0.717) is 18.7 Å². The molecule has 6 nitrogen and oxygen atoms in total. The number of aryl methyl sites for hydroxylation is 1. The molecule has 0 aliphatic carbocycles. The Bertz CT molecular complexity index is 880. The zero-order chi connectivity index (χ0) is 18.5. The van der Waals surface area contributed by atoms with Crippen molar-refractivity contribution in [3.63, 3.8) is 0 Å². The van der Waals surface area contributed by atoms with Gasteiger partial charge < -0.3 is 19.6 Å². The van der Waals surface area contributed by atoms with Crippen LogP contribution in [0.25, 0.3) is 0 Å². The Morgan fingerprint density at radius 1 is 1.12 bits per heavy atom. The Morgan fingerprint density at radius 3 is 2.54 bits per heavy atom. The van der Waals surface area contributed by atoms with E-state index in [2.05, 4.69) is 21.3 Å². The molecule has 2 amide bonds. The SMILES string of the molecule is Cc1cc(C(=O)NCCNC(=O)c2ccco2)c(C)n1Cc1cccs1. The molecule has 0 atom stereocenters. The third-order valence-electron chi connectivity index (χ3n) is 4.15. The summed E-state index contributed by atoms with van der Waals surface area (Å²) in [6.45, 7) is 5.40. The van der Waals surface area contributed by atoms with Crippen molar-refractivity contribution in [3.8, 4) is 0 Å². The maximum atomic E-state index is 12.5. The molecule has 0 unspecified atom stereocenters. The van der Waals surface area contributed by atoms with E-state index >= 15 is 0 Å². The molecule has 7 heteroatoms. The lowest BCUT2D eigenvalue weighted by atomic mass is 10.2. The van der Waals surface area contributed by atoms with Crippen molar-refractivity contribution in [1.29, 1.82) is 0 Å². The van der Waals surface area contributed by atoms with Gasteiger partial charge in [-0.25, -0.2) is 0 Å². The van der Waals surface area contributed by atoms with Crippen LogP contribution in [0, 0.1) is 13.8 Å². The highest BCUT2D eigenvalue weighted by molar-refractivity contribution is 7.09. The van der Waals surface area contributed by atoms with Crippen LogP contribution in [0.1, 0.15) is 37.2 Å². The third kappa shape index (κ3) is 4.05. The van der Waals surface area contributed by atoms with E-state index in [1.807, 2.05) is 31.4 Å². The van der Waals surface area contributed by atoms with Gasteiger partial charge in [-0.3, -0.25) is 9.59 Å². The van der Waals surface area contributed by atoms with Crippen molar-refractivity contribution in [2.75, 3.05) is 13.1 Å². The molecule has 0 saturated heterocycles. The Hall–Kier alpha value is -2.80. The number of rotatable bonds is 7. The largest absolute Gasteiger partial charge is 0.459 e. The Balaban J connectivity index is 1.54. The molecule has 0 fully saturated rings. The van der Waals surface area contributed by atoms with E-state index in [4.69, 9.17) is 4.42 Å². The summed E-state index contributed by atoms with van der Waals surface area (Å²) in [5, 5.41) is 7.60. The van der Waals surface area contributed by atoms with Crippen molar-refractivity contribution in [2.45, 2.75) is 20.4 Å². The fourth-order valence-corrected chi connectivity index (χ4v) is 3.47. The average molecular weight is 371 g/mol. The first-order valence-electron chi connectivity index (χ1n) is 8.35. The van der Waals surface area contributed by atoms with Crippen molar-refractivity contribution >= 4 is 23.2 Å². The summed E-state index contributed by atoms with van der Waals surface area (Å²) in [5.74, 6) is -0.172. The van der Waals surface area contributed by atoms with E-state index in [-0.39, 0.29) is 17.6 Å². The fourth-order valence-electron chi connectivity index (χ4n) is 2.77. The number of nitrogens with zero attached hydrogens (tertiary/aromatic N) is 1. The lowest BCUT2D eigenvalue weighted by Gasteiger charge is -2.09. The number of thiophene rings is 1. The first kappa shape index (κ1) is 18.0. The Morgan fingerprint density at radius 2 is 1.88 bits per heavy atom. The summed E-state index contributed by atoms with van der Waals surface area (Å²) in [5.41, 5.74) is 2.65. The summed E-state index contributed by atoms with van der Waals surface area (Å²) in [4.78, 5) is 25.5. The number of carbonyl (C=O) groups is 2. The normalized spacial score (nSPS) is 10.7. The minimum absolute atomic E-state index is 0.136. The highest BCUT2D eigenvalue weighted by Gasteiger charge is 2.16. The number of amides is 2. The smallest absolute Gasteiger partial charge is 0.287 e. The lowest BCUT2D eigenvalue weighted by molar-refractivity contribution is 0.0910. The molecule has 0 aliphatic rings. The van der Waals surface area contributed by atoms with Gasteiger partial charge in [0.05, 0.1) is 18.4 Å². The van der Waals surface area contributed by atoms with E-state index in [1.165, 1.54) is 11.1 Å².